The van der Waals surface area contributed by atoms with Crippen LogP contribution >= 0.6 is 0 Å². The van der Waals surface area contributed by atoms with E-state index in [1.807, 2.05) is 12.5 Å². The van der Waals surface area contributed by atoms with E-state index in [0.717, 1.165) is 6.17 Å². The maximum Gasteiger partial charge on any atom is 0.206 e. The number of unbranched alkanes of at least 4 members (excludes halogenated alkanes) is 6. The maximum atomic E-state index is 4.40. The Morgan fingerprint density at radius 3 is 1.35 bits per heavy atom. The molecule has 5 aromatic carbocycles. The zero-order valence-corrected chi connectivity index (χ0v) is 32.3. The van der Waals surface area contributed by atoms with Crippen LogP contribution in [-0.2, 0) is 19.0 Å². The van der Waals surface area contributed by atoms with E-state index in [-0.39, 0.29) is 0 Å². The van der Waals surface area contributed by atoms with Crippen LogP contribution in [0.25, 0.3) is 0 Å². The zero-order valence-electron chi connectivity index (χ0n) is 31.3. The first kappa shape index (κ1) is 37.8. The minimum absolute atomic E-state index is 0.484. The fraction of sp³-hybridized carbons (Fsp3) is 0.298. The van der Waals surface area contributed by atoms with Crippen LogP contribution in [0.4, 0.5) is 0 Å². The number of rotatable bonds is 17. The van der Waals surface area contributed by atoms with Crippen molar-refractivity contribution in [1.82, 2.24) is 9.55 Å². The Hall–Kier alpha value is -4.41. The van der Waals surface area contributed by atoms with Crippen LogP contribution in [0.2, 0.25) is 6.82 Å². The monoisotopic (exact) mass is 688 g/mol. The molecule has 0 spiro atoms. The standard InChI is InChI=1S/C34H44N2Si.C13H13B/c1-3-5-7-10-14-30-18-22-33(23-19-30)37(29-36-27-26-35-28-36,32-16-12-9-13-17-32)34-24-20-31(21-25-34)15-11-8-6-4-2;1-14(12-8-4-2-5-9-12)13-10-6-3-7-11-13/h9,12-13,16-28H,3-8,10-11,14-15,29H2,1-2H3;2-11H,1H3. The number of aromatic nitrogens is 2. The van der Waals surface area contributed by atoms with Gasteiger partial charge in [-0.2, -0.15) is 0 Å². The SMILES string of the molecule is CB(c1ccccc1)c1ccccc1.CCCCCCc1ccc([Si](Cn2ccnc2)(c2ccccc2)c2ccc(CCCCCC)cc2)cc1. The molecule has 0 amide bonds. The molecule has 0 unspecified atom stereocenters. The number of hydrogen-bond acceptors (Lipinski definition) is 1. The number of hydrogen-bond donors (Lipinski definition) is 0. The Kier molecular flexibility index (Phi) is 15.2. The molecule has 1 aromatic heterocycles. The van der Waals surface area contributed by atoms with Crippen LogP contribution in [0.1, 0.15) is 76.3 Å². The summed E-state index contributed by atoms with van der Waals surface area (Å²) in [6.45, 7) is 7.28. The number of nitrogens with zero attached hydrogens (tertiary/aromatic N) is 2. The summed E-state index contributed by atoms with van der Waals surface area (Å²) < 4.78 is 2.29. The van der Waals surface area contributed by atoms with Crippen molar-refractivity contribution in [3.63, 3.8) is 0 Å². The molecule has 0 saturated heterocycles. The third kappa shape index (κ3) is 10.8. The van der Waals surface area contributed by atoms with Crippen molar-refractivity contribution in [1.29, 1.82) is 0 Å². The van der Waals surface area contributed by atoms with Crippen molar-refractivity contribution in [3.8, 4) is 0 Å². The smallest absolute Gasteiger partial charge is 0.206 e. The molecule has 262 valence electrons. The second-order valence-corrected chi connectivity index (χ2v) is 17.9. The van der Waals surface area contributed by atoms with Crippen LogP contribution in [0, 0.1) is 0 Å². The molecule has 1 heterocycles. The highest BCUT2D eigenvalue weighted by molar-refractivity contribution is 7.10. The van der Waals surface area contributed by atoms with Gasteiger partial charge in [0.05, 0.1) is 6.33 Å². The largest absolute Gasteiger partial charge is 0.339 e. The number of aryl methyl sites for hydroxylation is 2. The van der Waals surface area contributed by atoms with Gasteiger partial charge in [-0.3, -0.25) is 0 Å². The van der Waals surface area contributed by atoms with E-state index in [1.165, 1.54) is 102 Å². The molecule has 0 atom stereocenters. The van der Waals surface area contributed by atoms with Crippen molar-refractivity contribution in [2.45, 2.75) is 91.0 Å². The molecule has 51 heavy (non-hydrogen) atoms. The Balaban J connectivity index is 0.000000299. The molecule has 0 aliphatic rings. The number of benzene rings is 5. The van der Waals surface area contributed by atoms with Crippen molar-refractivity contribution >= 4 is 41.3 Å². The molecule has 0 N–H and O–H groups in total. The highest BCUT2D eigenvalue weighted by Gasteiger charge is 2.39. The highest BCUT2D eigenvalue weighted by atomic mass is 28.3. The molecule has 0 bridgehead atoms. The van der Waals surface area contributed by atoms with Gasteiger partial charge in [0.1, 0.15) is 0 Å². The van der Waals surface area contributed by atoms with Gasteiger partial charge in [-0.1, -0.05) is 210 Å². The fourth-order valence-corrected chi connectivity index (χ4v) is 11.8. The normalized spacial score (nSPS) is 11.1. The molecular formula is C47H57BN2Si. The summed E-state index contributed by atoms with van der Waals surface area (Å²) in [5.41, 5.74) is 5.67. The van der Waals surface area contributed by atoms with E-state index in [4.69, 9.17) is 0 Å². The summed E-state index contributed by atoms with van der Waals surface area (Å²) in [7, 11) is -2.34. The summed E-state index contributed by atoms with van der Waals surface area (Å²) in [5.74, 6) is 0. The summed E-state index contributed by atoms with van der Waals surface area (Å²) >= 11 is 0. The quantitative estimate of drug-likeness (QED) is 0.0533. The molecule has 0 aliphatic carbocycles. The lowest BCUT2D eigenvalue weighted by Crippen LogP contribution is -2.69. The summed E-state index contributed by atoms with van der Waals surface area (Å²) in [4.78, 5) is 4.40. The van der Waals surface area contributed by atoms with E-state index in [2.05, 4.69) is 176 Å². The lowest BCUT2D eigenvalue weighted by Gasteiger charge is -2.34. The third-order valence-corrected chi connectivity index (χ3v) is 15.2. The van der Waals surface area contributed by atoms with Crippen molar-refractivity contribution in [2.75, 3.05) is 0 Å². The van der Waals surface area contributed by atoms with Crippen molar-refractivity contribution in [2.24, 2.45) is 0 Å². The van der Waals surface area contributed by atoms with Gasteiger partial charge in [0.15, 0.2) is 8.07 Å². The molecule has 2 nitrogen and oxygen atoms in total. The van der Waals surface area contributed by atoms with E-state index in [1.54, 1.807) is 0 Å². The first-order chi connectivity index (χ1) is 25.1. The minimum atomic E-state index is -2.34. The summed E-state index contributed by atoms with van der Waals surface area (Å²) in [5, 5.41) is 4.40. The van der Waals surface area contributed by atoms with Gasteiger partial charge in [-0.15, -0.1) is 0 Å². The van der Waals surface area contributed by atoms with Crippen molar-refractivity contribution < 1.29 is 0 Å². The molecule has 0 radical (unpaired) electrons. The fourth-order valence-electron chi connectivity index (χ4n) is 7.25. The Labute approximate surface area is 310 Å². The number of imidazole rings is 1. The van der Waals surface area contributed by atoms with Gasteiger partial charge in [-0.25, -0.2) is 4.98 Å². The van der Waals surface area contributed by atoms with E-state index in [9.17, 15) is 0 Å². The van der Waals surface area contributed by atoms with Gasteiger partial charge < -0.3 is 4.57 Å². The molecule has 6 aromatic rings. The van der Waals surface area contributed by atoms with Crippen LogP contribution < -0.4 is 26.5 Å². The van der Waals surface area contributed by atoms with Gasteiger partial charge in [-0.05, 0) is 52.4 Å². The van der Waals surface area contributed by atoms with Gasteiger partial charge in [0.25, 0.3) is 0 Å². The molecule has 0 saturated carbocycles. The lowest BCUT2D eigenvalue weighted by molar-refractivity contribution is 0.667. The minimum Gasteiger partial charge on any atom is -0.339 e. The zero-order chi connectivity index (χ0) is 35.6. The Morgan fingerprint density at radius 2 is 0.941 bits per heavy atom. The highest BCUT2D eigenvalue weighted by Crippen LogP contribution is 2.15. The van der Waals surface area contributed by atoms with Crippen LogP contribution in [0.3, 0.4) is 0 Å². The van der Waals surface area contributed by atoms with E-state index >= 15 is 0 Å². The van der Waals surface area contributed by atoms with Crippen LogP contribution in [0.15, 0.2) is 158 Å². The second kappa shape index (κ2) is 20.4. The van der Waals surface area contributed by atoms with Crippen LogP contribution in [-0.4, -0.2) is 24.3 Å². The third-order valence-electron chi connectivity index (χ3n) is 10.4. The topological polar surface area (TPSA) is 17.8 Å². The predicted octanol–water partition coefficient (Wildman–Crippen LogP) is 8.76. The summed E-state index contributed by atoms with van der Waals surface area (Å²) in [6.07, 6.45) is 19.8. The van der Waals surface area contributed by atoms with Crippen molar-refractivity contribution in [3.05, 3.63) is 169 Å². The lowest BCUT2D eigenvalue weighted by atomic mass is 9.43. The molecule has 6 rings (SSSR count). The van der Waals surface area contributed by atoms with Crippen LogP contribution in [0.5, 0.6) is 0 Å². The predicted molar refractivity (Wildman–Crippen MR) is 226 cm³/mol. The molecule has 4 heteroatoms. The molecule has 0 aliphatic heterocycles. The first-order valence-electron chi connectivity index (χ1n) is 19.4. The first-order valence-corrected chi connectivity index (χ1v) is 21.6. The summed E-state index contributed by atoms with van der Waals surface area (Å²) in [6, 6.07) is 51.7. The molecular weight excluding hydrogens is 631 g/mol. The van der Waals surface area contributed by atoms with Gasteiger partial charge in [0.2, 0.25) is 6.71 Å². The maximum absolute atomic E-state index is 4.40. The van der Waals surface area contributed by atoms with E-state index in [0.29, 0.717) is 6.71 Å². The average molecular weight is 689 g/mol. The molecule has 0 fully saturated rings. The second-order valence-electron chi connectivity index (χ2n) is 14.1. The Bertz CT molecular complexity index is 1680. The Morgan fingerprint density at radius 1 is 0.510 bits per heavy atom. The van der Waals surface area contributed by atoms with Gasteiger partial charge in [0, 0.05) is 18.6 Å². The van der Waals surface area contributed by atoms with Gasteiger partial charge >= 0.3 is 0 Å². The average Bonchev–Trinajstić information content (AvgIpc) is 3.72. The van der Waals surface area contributed by atoms with E-state index < -0.39 is 8.07 Å².